The van der Waals surface area contributed by atoms with Gasteiger partial charge in [-0.25, -0.2) is 5.48 Å². The van der Waals surface area contributed by atoms with Crippen molar-refractivity contribution >= 4 is 45.4 Å². The summed E-state index contributed by atoms with van der Waals surface area (Å²) in [6, 6.07) is 14.4. The Morgan fingerprint density at radius 1 is 1.00 bits per heavy atom. The minimum absolute atomic E-state index is 0.0175. The molecule has 0 saturated carbocycles. The molecule has 3 heterocycles. The molecule has 306 valence electrons. The maximum atomic E-state index is 13.7. The van der Waals surface area contributed by atoms with Gasteiger partial charge in [0.05, 0.1) is 30.3 Å². The molecule has 3 unspecified atom stereocenters. The Kier molecular flexibility index (Phi) is 16.0. The van der Waals surface area contributed by atoms with E-state index in [1.165, 1.54) is 42.6 Å². The number of rotatable bonds is 14. The molecule has 57 heavy (non-hydrogen) atoms. The third-order valence-corrected chi connectivity index (χ3v) is 10.0. The quantitative estimate of drug-likeness (QED) is 0.0284. The summed E-state index contributed by atoms with van der Waals surface area (Å²) in [5.74, 6) is 1.59. The van der Waals surface area contributed by atoms with Gasteiger partial charge in [-0.2, -0.15) is 13.5 Å². The number of carbonyl (C=O) groups excluding carboxylic acids is 5. The number of benzene rings is 2. The van der Waals surface area contributed by atoms with Crippen LogP contribution < -0.4 is 37.3 Å². The number of hydroxylamine groups is 1. The topological polar surface area (TPSA) is 281 Å². The number of ether oxygens (including phenoxy) is 1. The predicted octanol–water partition coefficient (Wildman–Crippen LogP) is 1.08. The third-order valence-electron chi connectivity index (χ3n) is 9.12. The Hall–Kier alpha value is -5.92. The summed E-state index contributed by atoms with van der Waals surface area (Å²) in [6.45, 7) is 4.05. The minimum Gasteiger partial charge on any atom is -0.494 e. The Morgan fingerprint density at radius 3 is 2.37 bits per heavy atom. The van der Waals surface area contributed by atoms with Crippen LogP contribution in [-0.2, 0) is 35.7 Å². The SMILES string of the molecule is CC(C)CC1C(=O)NC(C(=O)NCC(=O)NCCCNC(=O)c2ccc(C(=NN)c3ccccc3S(=O)(=O)O)nc2)Cc2ccc(cc2)OCCCC1C(=O)NO. The standard InChI is InChI=1S/C38H48N8O10S/c1-23(2)19-29-27(37(50)46-52)8-5-18-56-26-13-10-24(11-14-26)20-31(44-36(29)49)38(51)43-22-33(47)40-16-6-17-41-35(48)25-12-15-30(42-21-25)34(45-39)28-7-3-4-9-32(28)57(53,54)55/h3-4,7,9-15,21,23,27,29,31,52H,5-6,8,16-20,22,39H2,1-2H3,(H,40,47)(H,41,48)(H,43,51)(H,44,49)(H,46,50)(H,53,54,55). The van der Waals surface area contributed by atoms with E-state index in [4.69, 9.17) is 10.6 Å². The lowest BCUT2D eigenvalue weighted by atomic mass is 9.81. The van der Waals surface area contributed by atoms with Crippen molar-refractivity contribution in [2.45, 2.75) is 56.9 Å². The Labute approximate surface area is 330 Å². The summed E-state index contributed by atoms with van der Waals surface area (Å²) in [4.78, 5) is 69.0. The van der Waals surface area contributed by atoms with Crippen LogP contribution in [0.3, 0.4) is 0 Å². The highest BCUT2D eigenvalue weighted by Gasteiger charge is 2.36. The van der Waals surface area contributed by atoms with Gasteiger partial charge in [0.25, 0.3) is 16.0 Å². The molecule has 19 heteroatoms. The van der Waals surface area contributed by atoms with Crippen LogP contribution >= 0.6 is 0 Å². The highest BCUT2D eigenvalue weighted by molar-refractivity contribution is 7.86. The zero-order chi connectivity index (χ0) is 41.5. The smallest absolute Gasteiger partial charge is 0.295 e. The number of nitrogens with one attached hydrogen (secondary N) is 5. The largest absolute Gasteiger partial charge is 0.494 e. The van der Waals surface area contributed by atoms with E-state index in [9.17, 15) is 42.2 Å². The van der Waals surface area contributed by atoms with E-state index in [0.29, 0.717) is 31.6 Å². The molecule has 5 amide bonds. The van der Waals surface area contributed by atoms with E-state index < -0.39 is 69.0 Å². The van der Waals surface area contributed by atoms with E-state index in [2.05, 4.69) is 31.4 Å². The Balaban J connectivity index is 1.29. The molecule has 0 fully saturated rings. The Bertz CT molecular complexity index is 2030. The number of hydrogen-bond acceptors (Lipinski definition) is 12. The molecular weight excluding hydrogens is 761 g/mol. The normalized spacial score (nSPS) is 17.7. The molecule has 3 atom stereocenters. The zero-order valence-corrected chi connectivity index (χ0v) is 32.4. The average molecular weight is 809 g/mol. The fourth-order valence-corrected chi connectivity index (χ4v) is 6.99. The lowest BCUT2D eigenvalue weighted by Gasteiger charge is -2.28. The second-order valence-corrected chi connectivity index (χ2v) is 15.2. The molecular formula is C38H48N8O10S. The number of nitrogens with zero attached hydrogens (tertiary/aromatic N) is 2. The molecule has 0 aliphatic carbocycles. The molecule has 2 aliphatic heterocycles. The molecule has 5 rings (SSSR count). The molecule has 2 aliphatic rings. The van der Waals surface area contributed by atoms with Gasteiger partial charge < -0.3 is 31.8 Å². The van der Waals surface area contributed by atoms with Crippen molar-refractivity contribution in [3.05, 3.63) is 89.2 Å². The summed E-state index contributed by atoms with van der Waals surface area (Å²) in [5.41, 5.74) is 2.74. The van der Waals surface area contributed by atoms with E-state index >= 15 is 0 Å². The van der Waals surface area contributed by atoms with Gasteiger partial charge in [0.15, 0.2) is 0 Å². The third kappa shape index (κ3) is 12.8. The van der Waals surface area contributed by atoms with Gasteiger partial charge in [0.2, 0.25) is 23.6 Å². The number of aromatic nitrogens is 1. The highest BCUT2D eigenvalue weighted by Crippen LogP contribution is 2.27. The first kappa shape index (κ1) is 43.8. The molecule has 2 aromatic carbocycles. The summed E-state index contributed by atoms with van der Waals surface area (Å²) in [5, 5.41) is 23.8. The molecule has 0 radical (unpaired) electrons. The lowest BCUT2D eigenvalue weighted by molar-refractivity contribution is -0.142. The zero-order valence-electron chi connectivity index (χ0n) is 31.6. The van der Waals surface area contributed by atoms with Crippen molar-refractivity contribution < 1.29 is 46.9 Å². The number of carbonyl (C=O) groups is 5. The predicted molar refractivity (Wildman–Crippen MR) is 206 cm³/mol. The summed E-state index contributed by atoms with van der Waals surface area (Å²) in [7, 11) is -4.58. The number of fused-ring (bicyclic) bond motifs is 11. The second kappa shape index (κ2) is 20.8. The highest BCUT2D eigenvalue weighted by atomic mass is 32.2. The minimum atomic E-state index is -4.58. The first-order chi connectivity index (χ1) is 27.2. The van der Waals surface area contributed by atoms with E-state index in [1.54, 1.807) is 29.7 Å². The molecule has 0 spiro atoms. The monoisotopic (exact) mass is 808 g/mol. The van der Waals surface area contributed by atoms with E-state index in [-0.39, 0.29) is 54.4 Å². The van der Waals surface area contributed by atoms with Crippen molar-refractivity contribution in [2.75, 3.05) is 26.2 Å². The van der Waals surface area contributed by atoms with Gasteiger partial charge >= 0.3 is 0 Å². The number of hydrazone groups is 1. The molecule has 18 nitrogen and oxygen atoms in total. The van der Waals surface area contributed by atoms with Crippen LogP contribution in [0.4, 0.5) is 0 Å². The fraction of sp³-hybridized carbons (Fsp3) is 0.395. The van der Waals surface area contributed by atoms with Crippen LogP contribution in [0.1, 0.15) is 66.7 Å². The molecule has 3 aromatic rings. The van der Waals surface area contributed by atoms with Gasteiger partial charge in [0.1, 0.15) is 22.4 Å². The first-order valence-corrected chi connectivity index (χ1v) is 19.8. The van der Waals surface area contributed by atoms with Crippen LogP contribution in [0.5, 0.6) is 5.75 Å². The van der Waals surface area contributed by atoms with Crippen molar-refractivity contribution in [1.82, 2.24) is 31.7 Å². The van der Waals surface area contributed by atoms with Gasteiger partial charge in [-0.3, -0.25) is 38.7 Å². The summed E-state index contributed by atoms with van der Waals surface area (Å²) in [6.07, 6.45) is 2.69. The van der Waals surface area contributed by atoms with Crippen molar-refractivity contribution in [2.24, 2.45) is 28.7 Å². The molecule has 1 aromatic heterocycles. The molecule has 0 saturated heterocycles. The van der Waals surface area contributed by atoms with Crippen LogP contribution in [0.15, 0.2) is 76.9 Å². The van der Waals surface area contributed by atoms with Crippen LogP contribution in [0.2, 0.25) is 0 Å². The van der Waals surface area contributed by atoms with Gasteiger partial charge in [0, 0.05) is 37.2 Å². The van der Waals surface area contributed by atoms with Gasteiger partial charge in [-0.15, -0.1) is 0 Å². The second-order valence-electron chi connectivity index (χ2n) is 13.8. The van der Waals surface area contributed by atoms with Gasteiger partial charge in [-0.05, 0) is 67.5 Å². The van der Waals surface area contributed by atoms with Crippen LogP contribution in [0, 0.1) is 17.8 Å². The number of amides is 5. The van der Waals surface area contributed by atoms with Crippen molar-refractivity contribution in [3.63, 3.8) is 0 Å². The van der Waals surface area contributed by atoms with E-state index in [1.807, 2.05) is 13.8 Å². The van der Waals surface area contributed by atoms with Crippen molar-refractivity contribution in [1.29, 1.82) is 0 Å². The van der Waals surface area contributed by atoms with Gasteiger partial charge in [-0.1, -0.05) is 44.2 Å². The fourth-order valence-electron chi connectivity index (χ4n) is 6.30. The number of pyridine rings is 1. The van der Waals surface area contributed by atoms with Crippen LogP contribution in [-0.4, -0.2) is 90.7 Å². The van der Waals surface area contributed by atoms with Crippen LogP contribution in [0.25, 0.3) is 0 Å². The number of hydrogen-bond donors (Lipinski definition) is 8. The van der Waals surface area contributed by atoms with Crippen molar-refractivity contribution in [3.8, 4) is 5.75 Å². The maximum absolute atomic E-state index is 13.7. The lowest BCUT2D eigenvalue weighted by Crippen LogP contribution is -2.53. The number of nitrogens with two attached hydrogens (primary N) is 1. The summed E-state index contributed by atoms with van der Waals surface area (Å²) < 4.78 is 39.0. The van der Waals surface area contributed by atoms with E-state index in [0.717, 1.165) is 5.56 Å². The maximum Gasteiger partial charge on any atom is 0.295 e. The molecule has 2 bridgehead atoms. The average Bonchev–Trinajstić information content (AvgIpc) is 3.19. The summed E-state index contributed by atoms with van der Waals surface area (Å²) >= 11 is 0. The Morgan fingerprint density at radius 2 is 1.72 bits per heavy atom. The molecule has 9 N–H and O–H groups in total. The first-order valence-electron chi connectivity index (χ1n) is 18.3.